The van der Waals surface area contributed by atoms with Crippen molar-refractivity contribution in [2.24, 2.45) is 0 Å². The van der Waals surface area contributed by atoms with E-state index in [-0.39, 0.29) is 5.69 Å². The normalized spacial score (nSPS) is 10.4. The van der Waals surface area contributed by atoms with Crippen molar-refractivity contribution in [1.29, 1.82) is 0 Å². The molecule has 0 atom stereocenters. The molecule has 19 heavy (non-hydrogen) atoms. The van der Waals surface area contributed by atoms with Crippen molar-refractivity contribution >= 4 is 23.0 Å². The Morgan fingerprint density at radius 2 is 2.32 bits per heavy atom. The highest BCUT2D eigenvalue weighted by Gasteiger charge is 2.15. The lowest BCUT2D eigenvalue weighted by molar-refractivity contribution is -0.383. The highest BCUT2D eigenvalue weighted by atomic mass is 35.5. The van der Waals surface area contributed by atoms with Crippen LogP contribution >= 0.6 is 11.6 Å². The van der Waals surface area contributed by atoms with Gasteiger partial charge in [-0.05, 0) is 18.6 Å². The van der Waals surface area contributed by atoms with Gasteiger partial charge in [0, 0.05) is 18.8 Å². The van der Waals surface area contributed by atoms with Crippen LogP contribution in [0.5, 0.6) is 0 Å². The topological polar surface area (TPSA) is 73.0 Å². The van der Waals surface area contributed by atoms with Crippen LogP contribution in [0.4, 0.5) is 11.4 Å². The summed E-state index contributed by atoms with van der Waals surface area (Å²) in [4.78, 5) is 10.4. The first kappa shape index (κ1) is 13.4. The van der Waals surface area contributed by atoms with Gasteiger partial charge in [0.15, 0.2) is 0 Å². The second kappa shape index (κ2) is 5.71. The zero-order valence-corrected chi connectivity index (χ0v) is 11.1. The Balaban J connectivity index is 2.05. The second-order valence-electron chi connectivity index (χ2n) is 4.10. The third kappa shape index (κ3) is 3.23. The van der Waals surface area contributed by atoms with E-state index in [1.54, 1.807) is 23.0 Å². The number of anilines is 1. The molecule has 1 aromatic carbocycles. The van der Waals surface area contributed by atoms with Gasteiger partial charge in [-0.15, -0.1) is 0 Å². The molecule has 0 bridgehead atoms. The molecular weight excluding hydrogens is 268 g/mol. The van der Waals surface area contributed by atoms with Crippen molar-refractivity contribution in [2.75, 3.05) is 11.9 Å². The minimum atomic E-state index is -0.452. The third-order valence-corrected chi connectivity index (χ3v) is 2.91. The number of nitro groups is 1. The highest BCUT2D eigenvalue weighted by Crippen LogP contribution is 2.31. The molecule has 0 fully saturated rings. The number of para-hydroxylation sites is 1. The van der Waals surface area contributed by atoms with E-state index in [1.165, 1.54) is 6.07 Å². The van der Waals surface area contributed by atoms with E-state index < -0.39 is 4.92 Å². The molecule has 100 valence electrons. The predicted molar refractivity (Wildman–Crippen MR) is 73.6 cm³/mol. The number of hydrogen-bond acceptors (Lipinski definition) is 4. The average Bonchev–Trinajstić information content (AvgIpc) is 2.77. The lowest BCUT2D eigenvalue weighted by atomic mass is 10.2. The number of halogens is 1. The fourth-order valence-electron chi connectivity index (χ4n) is 1.72. The van der Waals surface area contributed by atoms with Gasteiger partial charge in [0.25, 0.3) is 5.69 Å². The summed E-state index contributed by atoms with van der Waals surface area (Å²) >= 11 is 5.97. The Morgan fingerprint density at radius 1 is 1.53 bits per heavy atom. The molecule has 7 heteroatoms. The summed E-state index contributed by atoms with van der Waals surface area (Å²) in [7, 11) is 0. The number of nitrogens with one attached hydrogen (secondary N) is 1. The Kier molecular flexibility index (Phi) is 4.01. The molecule has 0 spiro atoms. The van der Waals surface area contributed by atoms with Crippen LogP contribution in [0.2, 0.25) is 5.02 Å². The van der Waals surface area contributed by atoms with Gasteiger partial charge < -0.3 is 5.32 Å². The number of aromatic nitrogens is 2. The summed E-state index contributed by atoms with van der Waals surface area (Å²) in [5.41, 5.74) is 1.39. The van der Waals surface area contributed by atoms with Crippen molar-refractivity contribution in [3.63, 3.8) is 0 Å². The fraction of sp³-hybridized carbons (Fsp3) is 0.250. The van der Waals surface area contributed by atoms with E-state index in [0.717, 1.165) is 5.56 Å². The Morgan fingerprint density at radius 3 is 2.95 bits per heavy atom. The van der Waals surface area contributed by atoms with Gasteiger partial charge >= 0.3 is 0 Å². The number of hydrogen-bond donors (Lipinski definition) is 1. The Bertz CT molecular complexity index is 597. The van der Waals surface area contributed by atoms with Gasteiger partial charge in [0.1, 0.15) is 5.69 Å². The minimum Gasteiger partial charge on any atom is -0.376 e. The molecule has 1 heterocycles. The Hall–Kier alpha value is -2.08. The largest absolute Gasteiger partial charge is 0.376 e. The lowest BCUT2D eigenvalue weighted by Crippen LogP contribution is -2.12. The molecule has 6 nitrogen and oxygen atoms in total. The second-order valence-corrected chi connectivity index (χ2v) is 4.51. The molecule has 0 radical (unpaired) electrons. The van der Waals surface area contributed by atoms with Gasteiger partial charge in [0.05, 0.1) is 22.7 Å². The van der Waals surface area contributed by atoms with Crippen LogP contribution in [0, 0.1) is 17.0 Å². The van der Waals surface area contributed by atoms with E-state index in [9.17, 15) is 10.1 Å². The highest BCUT2D eigenvalue weighted by molar-refractivity contribution is 6.33. The number of nitrogens with zero attached hydrogens (tertiary/aromatic N) is 3. The Labute approximate surface area is 115 Å². The average molecular weight is 281 g/mol. The molecule has 1 N–H and O–H groups in total. The van der Waals surface area contributed by atoms with Crippen LogP contribution in [-0.4, -0.2) is 21.2 Å². The first-order chi connectivity index (χ1) is 9.08. The molecule has 2 aromatic rings. The quantitative estimate of drug-likeness (QED) is 0.675. The van der Waals surface area contributed by atoms with E-state index in [0.29, 0.717) is 23.8 Å². The fourth-order valence-corrected chi connectivity index (χ4v) is 1.96. The molecule has 0 amide bonds. The summed E-state index contributed by atoms with van der Waals surface area (Å²) < 4.78 is 1.77. The smallest absolute Gasteiger partial charge is 0.293 e. The van der Waals surface area contributed by atoms with Gasteiger partial charge in [0.2, 0.25) is 0 Å². The monoisotopic (exact) mass is 280 g/mol. The molecule has 0 saturated heterocycles. The van der Waals surface area contributed by atoms with Gasteiger partial charge in [-0.2, -0.15) is 5.10 Å². The molecule has 0 aliphatic rings. The number of aryl methyl sites for hydroxylation is 1. The first-order valence-corrected chi connectivity index (χ1v) is 6.11. The van der Waals surface area contributed by atoms with Gasteiger partial charge in [-0.25, -0.2) is 0 Å². The summed E-state index contributed by atoms with van der Waals surface area (Å²) in [6.07, 6.45) is 3.67. The predicted octanol–water partition coefficient (Wildman–Crippen LogP) is 2.87. The zero-order chi connectivity index (χ0) is 13.8. The maximum absolute atomic E-state index is 10.9. The van der Waals surface area contributed by atoms with Gasteiger partial charge in [-0.3, -0.25) is 14.8 Å². The standard InChI is InChI=1S/C12H13ClN4O2/c1-9-7-15-16(8-9)6-5-14-12-10(13)3-2-4-11(12)17(18)19/h2-4,7-8,14H,5-6H2,1H3. The summed E-state index contributed by atoms with van der Waals surface area (Å²) in [6.45, 7) is 3.07. The van der Waals surface area contributed by atoms with Crippen molar-refractivity contribution in [2.45, 2.75) is 13.5 Å². The van der Waals surface area contributed by atoms with Crippen molar-refractivity contribution in [1.82, 2.24) is 9.78 Å². The van der Waals surface area contributed by atoms with E-state index >= 15 is 0 Å². The van der Waals surface area contributed by atoms with Crippen molar-refractivity contribution in [3.8, 4) is 0 Å². The number of rotatable bonds is 5. The van der Waals surface area contributed by atoms with Crippen LogP contribution in [0.1, 0.15) is 5.56 Å². The van der Waals surface area contributed by atoms with Crippen LogP contribution in [0.3, 0.4) is 0 Å². The zero-order valence-electron chi connectivity index (χ0n) is 10.3. The van der Waals surface area contributed by atoms with Crippen molar-refractivity contribution in [3.05, 3.63) is 51.3 Å². The van der Waals surface area contributed by atoms with E-state index in [1.807, 2.05) is 13.1 Å². The minimum absolute atomic E-state index is 0.0239. The van der Waals surface area contributed by atoms with Crippen LogP contribution in [0.25, 0.3) is 0 Å². The van der Waals surface area contributed by atoms with Crippen LogP contribution in [0.15, 0.2) is 30.6 Å². The molecule has 0 saturated carbocycles. The third-order valence-electron chi connectivity index (χ3n) is 2.59. The molecule has 0 unspecified atom stereocenters. The van der Waals surface area contributed by atoms with Gasteiger partial charge in [-0.1, -0.05) is 17.7 Å². The molecular formula is C12H13ClN4O2. The number of benzene rings is 1. The number of nitro benzene ring substituents is 1. The summed E-state index contributed by atoms with van der Waals surface area (Å²) in [5, 5.41) is 18.4. The summed E-state index contributed by atoms with van der Waals surface area (Å²) in [5.74, 6) is 0. The van der Waals surface area contributed by atoms with E-state index in [2.05, 4.69) is 10.4 Å². The summed E-state index contributed by atoms with van der Waals surface area (Å²) in [6, 6.07) is 4.60. The molecule has 0 aliphatic carbocycles. The maximum atomic E-state index is 10.9. The molecule has 0 aliphatic heterocycles. The van der Waals surface area contributed by atoms with E-state index in [4.69, 9.17) is 11.6 Å². The molecule has 1 aromatic heterocycles. The van der Waals surface area contributed by atoms with Crippen LogP contribution < -0.4 is 5.32 Å². The first-order valence-electron chi connectivity index (χ1n) is 5.74. The molecule has 2 rings (SSSR count). The lowest BCUT2D eigenvalue weighted by Gasteiger charge is -2.08. The van der Waals surface area contributed by atoms with Crippen LogP contribution in [-0.2, 0) is 6.54 Å². The van der Waals surface area contributed by atoms with Crippen molar-refractivity contribution < 1.29 is 4.92 Å². The maximum Gasteiger partial charge on any atom is 0.293 e. The SMILES string of the molecule is Cc1cnn(CCNc2c(Cl)cccc2[N+](=O)[O-])c1.